The molecule has 0 saturated heterocycles. The van der Waals surface area contributed by atoms with Gasteiger partial charge in [0, 0.05) is 0 Å². The SMILES string of the molecule is C=Cc1ccc(F)c(C(C)(C)C)c1. The van der Waals surface area contributed by atoms with Crippen molar-refractivity contribution in [3.63, 3.8) is 0 Å². The van der Waals surface area contributed by atoms with Crippen LogP contribution in [0.4, 0.5) is 4.39 Å². The Hall–Kier alpha value is -1.11. The van der Waals surface area contributed by atoms with Gasteiger partial charge in [-0.1, -0.05) is 39.5 Å². The van der Waals surface area contributed by atoms with Crippen molar-refractivity contribution in [1.29, 1.82) is 0 Å². The van der Waals surface area contributed by atoms with E-state index in [4.69, 9.17) is 0 Å². The van der Waals surface area contributed by atoms with Gasteiger partial charge in [0.05, 0.1) is 0 Å². The molecule has 0 aliphatic rings. The van der Waals surface area contributed by atoms with Crippen LogP contribution in [0.5, 0.6) is 0 Å². The summed E-state index contributed by atoms with van der Waals surface area (Å²) in [4.78, 5) is 0. The van der Waals surface area contributed by atoms with Crippen LogP contribution in [-0.2, 0) is 5.41 Å². The molecular weight excluding hydrogens is 163 g/mol. The highest BCUT2D eigenvalue weighted by Crippen LogP contribution is 2.26. The second kappa shape index (κ2) is 3.33. The Morgan fingerprint density at radius 1 is 1.31 bits per heavy atom. The van der Waals surface area contributed by atoms with E-state index in [1.807, 2.05) is 26.8 Å². The van der Waals surface area contributed by atoms with E-state index in [-0.39, 0.29) is 11.2 Å². The molecule has 13 heavy (non-hydrogen) atoms. The number of benzene rings is 1. The Morgan fingerprint density at radius 3 is 2.38 bits per heavy atom. The molecule has 1 heteroatoms. The number of halogens is 1. The summed E-state index contributed by atoms with van der Waals surface area (Å²) < 4.78 is 13.4. The normalized spacial score (nSPS) is 11.4. The van der Waals surface area contributed by atoms with Crippen LogP contribution in [0.15, 0.2) is 24.8 Å². The minimum atomic E-state index is -0.150. The van der Waals surface area contributed by atoms with Gasteiger partial charge < -0.3 is 0 Å². The molecule has 0 N–H and O–H groups in total. The molecule has 0 heterocycles. The van der Waals surface area contributed by atoms with Gasteiger partial charge in [0.2, 0.25) is 0 Å². The summed E-state index contributed by atoms with van der Waals surface area (Å²) in [6.45, 7) is 9.66. The van der Waals surface area contributed by atoms with Crippen LogP contribution < -0.4 is 0 Å². The third-order valence-corrected chi connectivity index (χ3v) is 2.03. The highest BCUT2D eigenvalue weighted by Gasteiger charge is 2.17. The largest absolute Gasteiger partial charge is 0.207 e. The Morgan fingerprint density at radius 2 is 1.92 bits per heavy atom. The number of hydrogen-bond acceptors (Lipinski definition) is 0. The molecule has 0 aliphatic carbocycles. The molecule has 0 spiro atoms. The van der Waals surface area contributed by atoms with Crippen molar-refractivity contribution in [3.8, 4) is 0 Å². The highest BCUT2D eigenvalue weighted by atomic mass is 19.1. The minimum Gasteiger partial charge on any atom is -0.207 e. The van der Waals surface area contributed by atoms with Crippen molar-refractivity contribution in [2.75, 3.05) is 0 Å². The van der Waals surface area contributed by atoms with Gasteiger partial charge in [-0.2, -0.15) is 0 Å². The molecule has 70 valence electrons. The van der Waals surface area contributed by atoms with E-state index in [0.717, 1.165) is 11.1 Å². The lowest BCUT2D eigenvalue weighted by Gasteiger charge is -2.20. The van der Waals surface area contributed by atoms with Gasteiger partial charge in [0.25, 0.3) is 0 Å². The molecule has 1 rings (SSSR count). The molecule has 0 saturated carbocycles. The Kier molecular flexibility index (Phi) is 2.55. The van der Waals surface area contributed by atoms with Crippen LogP contribution >= 0.6 is 0 Å². The lowest BCUT2D eigenvalue weighted by Crippen LogP contribution is -2.13. The van der Waals surface area contributed by atoms with Gasteiger partial charge in [0.1, 0.15) is 5.82 Å². The van der Waals surface area contributed by atoms with Gasteiger partial charge in [-0.05, 0) is 28.7 Å². The number of rotatable bonds is 1. The summed E-state index contributed by atoms with van der Waals surface area (Å²) in [6.07, 6.45) is 1.73. The quantitative estimate of drug-likeness (QED) is 0.614. The van der Waals surface area contributed by atoms with E-state index in [0.29, 0.717) is 0 Å². The van der Waals surface area contributed by atoms with Gasteiger partial charge >= 0.3 is 0 Å². The smallest absolute Gasteiger partial charge is 0.126 e. The molecule has 1 aromatic carbocycles. The molecule has 0 aliphatic heterocycles. The van der Waals surface area contributed by atoms with Crippen LogP contribution in [0.1, 0.15) is 31.9 Å². The van der Waals surface area contributed by atoms with Crippen LogP contribution in [0, 0.1) is 5.82 Å². The van der Waals surface area contributed by atoms with Crippen molar-refractivity contribution in [3.05, 3.63) is 41.7 Å². The fourth-order valence-corrected chi connectivity index (χ4v) is 1.24. The predicted molar refractivity (Wildman–Crippen MR) is 55.2 cm³/mol. The second-order valence-corrected chi connectivity index (χ2v) is 4.19. The van der Waals surface area contributed by atoms with E-state index in [9.17, 15) is 4.39 Å². The predicted octanol–water partition coefficient (Wildman–Crippen LogP) is 3.77. The first kappa shape index (κ1) is 9.97. The van der Waals surface area contributed by atoms with Gasteiger partial charge in [0.15, 0.2) is 0 Å². The van der Waals surface area contributed by atoms with Crippen molar-refractivity contribution in [2.45, 2.75) is 26.2 Å². The van der Waals surface area contributed by atoms with Crippen LogP contribution in [0.3, 0.4) is 0 Å². The average molecular weight is 178 g/mol. The topological polar surface area (TPSA) is 0 Å². The third-order valence-electron chi connectivity index (χ3n) is 2.03. The molecule has 0 unspecified atom stereocenters. The van der Waals surface area contributed by atoms with E-state index in [2.05, 4.69) is 6.58 Å². The first-order valence-corrected chi connectivity index (χ1v) is 4.37. The summed E-state index contributed by atoms with van der Waals surface area (Å²) in [6, 6.07) is 5.08. The molecule has 0 fully saturated rings. The Labute approximate surface area is 79.1 Å². The van der Waals surface area contributed by atoms with Crippen LogP contribution in [0.2, 0.25) is 0 Å². The lowest BCUT2D eigenvalue weighted by atomic mass is 9.86. The van der Waals surface area contributed by atoms with Crippen LogP contribution in [0.25, 0.3) is 6.08 Å². The second-order valence-electron chi connectivity index (χ2n) is 4.19. The zero-order valence-corrected chi connectivity index (χ0v) is 8.39. The maximum atomic E-state index is 13.4. The van der Waals surface area contributed by atoms with Crippen LogP contribution in [-0.4, -0.2) is 0 Å². The first-order valence-electron chi connectivity index (χ1n) is 4.37. The van der Waals surface area contributed by atoms with Crippen molar-refractivity contribution in [1.82, 2.24) is 0 Å². The highest BCUT2D eigenvalue weighted by molar-refractivity contribution is 5.49. The zero-order chi connectivity index (χ0) is 10.1. The van der Waals surface area contributed by atoms with E-state index in [1.54, 1.807) is 12.1 Å². The average Bonchev–Trinajstić information content (AvgIpc) is 2.03. The molecular formula is C12H15F. The first-order chi connectivity index (χ1) is 5.95. The van der Waals surface area contributed by atoms with E-state index in [1.165, 1.54) is 6.07 Å². The fourth-order valence-electron chi connectivity index (χ4n) is 1.24. The fraction of sp³-hybridized carbons (Fsp3) is 0.333. The molecule has 1 aromatic rings. The molecule has 0 radical (unpaired) electrons. The van der Waals surface area contributed by atoms with Crippen molar-refractivity contribution in [2.24, 2.45) is 0 Å². The summed E-state index contributed by atoms with van der Waals surface area (Å²) >= 11 is 0. The lowest BCUT2D eigenvalue weighted by molar-refractivity contribution is 0.523. The molecule has 0 nitrogen and oxygen atoms in total. The Bertz CT molecular complexity index is 318. The van der Waals surface area contributed by atoms with Gasteiger partial charge in [-0.15, -0.1) is 0 Å². The van der Waals surface area contributed by atoms with Gasteiger partial charge in [-0.3, -0.25) is 0 Å². The van der Waals surface area contributed by atoms with E-state index >= 15 is 0 Å². The van der Waals surface area contributed by atoms with E-state index < -0.39 is 0 Å². The standard InChI is InChI=1S/C12H15F/c1-5-9-6-7-11(13)10(8-9)12(2,3)4/h5-8H,1H2,2-4H3. The molecule has 0 aromatic heterocycles. The Balaban J connectivity index is 3.27. The number of hydrogen-bond donors (Lipinski definition) is 0. The maximum absolute atomic E-state index is 13.4. The van der Waals surface area contributed by atoms with Gasteiger partial charge in [-0.25, -0.2) is 4.39 Å². The zero-order valence-electron chi connectivity index (χ0n) is 8.39. The molecule has 0 atom stereocenters. The van der Waals surface area contributed by atoms with Crippen molar-refractivity contribution < 1.29 is 4.39 Å². The van der Waals surface area contributed by atoms with Crippen molar-refractivity contribution >= 4 is 6.08 Å². The molecule has 0 amide bonds. The minimum absolute atomic E-state index is 0.141. The monoisotopic (exact) mass is 178 g/mol. The summed E-state index contributed by atoms with van der Waals surface area (Å²) in [5.74, 6) is -0.141. The summed E-state index contributed by atoms with van der Waals surface area (Å²) in [7, 11) is 0. The summed E-state index contributed by atoms with van der Waals surface area (Å²) in [5, 5.41) is 0. The third kappa shape index (κ3) is 2.18. The maximum Gasteiger partial charge on any atom is 0.126 e. The summed E-state index contributed by atoms with van der Waals surface area (Å²) in [5.41, 5.74) is 1.56. The molecule has 0 bridgehead atoms.